The second kappa shape index (κ2) is 14.6. The Bertz CT molecular complexity index is 2070. The lowest BCUT2D eigenvalue weighted by molar-refractivity contribution is 0.0948. The van der Waals surface area contributed by atoms with Gasteiger partial charge < -0.3 is 35.3 Å². The van der Waals surface area contributed by atoms with E-state index >= 15 is 0 Å². The normalized spacial score (nSPS) is 15.8. The number of nitrogens with zero attached hydrogens (tertiary/aromatic N) is 7. The molecule has 1 fully saturated rings. The van der Waals surface area contributed by atoms with E-state index in [-0.39, 0.29) is 23.5 Å². The summed E-state index contributed by atoms with van der Waals surface area (Å²) in [5, 5.41) is 5.88. The summed E-state index contributed by atoms with van der Waals surface area (Å²) in [5.74, 6) is 0.357. The Hall–Kier alpha value is -5.82. The highest BCUT2D eigenvalue weighted by Crippen LogP contribution is 2.36. The quantitative estimate of drug-likeness (QED) is 0.179. The number of fused-ring (bicyclic) bond motifs is 2. The molecule has 0 spiro atoms. The predicted molar refractivity (Wildman–Crippen MR) is 198 cm³/mol. The molecule has 3 aromatic heterocycles. The van der Waals surface area contributed by atoms with Crippen LogP contribution in [0.25, 0.3) is 28.0 Å². The fourth-order valence-electron chi connectivity index (χ4n) is 6.70. The standard InChI is InChI=1S/C38H42N10O3/c1-24(2)48-25(3)5-6-29-19-28(11-12-33(29)48)26-7-9-27(10-8-26)36(49)40-13-4-14-41-37(50)32-23-47-22-31(30-20-42-38(39)43-21-30)44-34(35(47)45-32)46-15-17-51-18-16-46/h7-12,19-23,25H,1,4-6,13-18H2,2-3H3,(H,40,49)(H,41,50)(H2,39,42,43)/t25-/m0/s1. The van der Waals surface area contributed by atoms with Gasteiger partial charge in [-0.15, -0.1) is 0 Å². The van der Waals surface area contributed by atoms with Crippen molar-refractivity contribution < 1.29 is 14.3 Å². The van der Waals surface area contributed by atoms with Crippen LogP contribution in [0.5, 0.6) is 0 Å². The zero-order valence-corrected chi connectivity index (χ0v) is 28.9. The molecule has 5 aromatic rings. The minimum absolute atomic E-state index is 0.157. The third kappa shape index (κ3) is 7.24. The van der Waals surface area contributed by atoms with Crippen molar-refractivity contribution in [2.45, 2.75) is 39.2 Å². The van der Waals surface area contributed by atoms with E-state index in [0.717, 1.165) is 29.7 Å². The van der Waals surface area contributed by atoms with Crippen LogP contribution in [0.3, 0.4) is 0 Å². The van der Waals surface area contributed by atoms with Gasteiger partial charge in [0.1, 0.15) is 5.69 Å². The molecule has 13 nitrogen and oxygen atoms in total. The molecule has 2 aliphatic rings. The van der Waals surface area contributed by atoms with E-state index in [1.165, 1.54) is 11.3 Å². The number of allylic oxidation sites excluding steroid dienone is 1. The number of amides is 2. The molecule has 1 atom stereocenters. The van der Waals surface area contributed by atoms with Gasteiger partial charge in [-0.2, -0.15) is 0 Å². The molecule has 0 saturated carbocycles. The first-order valence-electron chi connectivity index (χ1n) is 17.3. The number of hydrogen-bond acceptors (Lipinski definition) is 10. The van der Waals surface area contributed by atoms with Gasteiger partial charge in [-0.3, -0.25) is 9.59 Å². The third-order valence-corrected chi connectivity index (χ3v) is 9.36. The number of aryl methyl sites for hydroxylation is 1. The number of nitrogens with two attached hydrogens (primary N) is 1. The van der Waals surface area contributed by atoms with Crippen LogP contribution in [0.2, 0.25) is 0 Å². The lowest BCUT2D eigenvalue weighted by atomic mass is 9.92. The molecule has 0 unspecified atom stereocenters. The highest BCUT2D eigenvalue weighted by atomic mass is 16.5. The van der Waals surface area contributed by atoms with E-state index in [9.17, 15) is 9.59 Å². The highest BCUT2D eigenvalue weighted by Gasteiger charge is 2.24. The molecule has 0 bridgehead atoms. The van der Waals surface area contributed by atoms with Gasteiger partial charge in [0.25, 0.3) is 11.8 Å². The molecule has 51 heavy (non-hydrogen) atoms. The van der Waals surface area contributed by atoms with E-state index in [2.05, 4.69) is 74.0 Å². The van der Waals surface area contributed by atoms with Crippen molar-refractivity contribution in [1.29, 1.82) is 0 Å². The summed E-state index contributed by atoms with van der Waals surface area (Å²) in [5.41, 5.74) is 14.2. The van der Waals surface area contributed by atoms with Gasteiger partial charge in [0, 0.05) is 79.5 Å². The Morgan fingerprint density at radius 2 is 1.65 bits per heavy atom. The Morgan fingerprint density at radius 1 is 0.941 bits per heavy atom. The lowest BCUT2D eigenvalue weighted by Crippen LogP contribution is -2.37. The van der Waals surface area contributed by atoms with Crippen LogP contribution in [0.1, 0.15) is 53.1 Å². The van der Waals surface area contributed by atoms with Gasteiger partial charge >= 0.3 is 0 Å². The number of benzene rings is 2. The van der Waals surface area contributed by atoms with Gasteiger partial charge in [-0.05, 0) is 74.1 Å². The summed E-state index contributed by atoms with van der Waals surface area (Å²) in [6.07, 6.45) is 9.39. The molecule has 1 saturated heterocycles. The SMILES string of the molecule is C=C(C)N1c2ccc(-c3ccc(C(=O)NCCCNC(=O)c4cn5cc(-c6cnc(N)nc6)nc(N6CCOCC6)c5n4)cc3)cc2CC[C@@H]1C. The van der Waals surface area contributed by atoms with Crippen LogP contribution >= 0.6 is 0 Å². The fourth-order valence-corrected chi connectivity index (χ4v) is 6.70. The molecule has 13 heteroatoms. The maximum Gasteiger partial charge on any atom is 0.271 e. The molecule has 2 aliphatic heterocycles. The summed E-state index contributed by atoms with van der Waals surface area (Å²) in [6.45, 7) is 11.7. The van der Waals surface area contributed by atoms with E-state index in [4.69, 9.17) is 15.5 Å². The zero-order valence-electron chi connectivity index (χ0n) is 28.9. The second-order valence-corrected chi connectivity index (χ2v) is 13.0. The Morgan fingerprint density at radius 3 is 2.37 bits per heavy atom. The lowest BCUT2D eigenvalue weighted by Gasteiger charge is -2.37. The molecule has 262 valence electrons. The summed E-state index contributed by atoms with van der Waals surface area (Å²) in [7, 11) is 0. The summed E-state index contributed by atoms with van der Waals surface area (Å²) in [4.78, 5) is 48.1. The van der Waals surface area contributed by atoms with Crippen molar-refractivity contribution in [3.05, 3.63) is 96.3 Å². The van der Waals surface area contributed by atoms with Crippen LogP contribution < -0.4 is 26.2 Å². The number of anilines is 3. The van der Waals surface area contributed by atoms with Crippen molar-refractivity contribution in [2.24, 2.45) is 0 Å². The maximum atomic E-state index is 13.1. The zero-order chi connectivity index (χ0) is 35.5. The first kappa shape index (κ1) is 33.7. The van der Waals surface area contributed by atoms with E-state index in [0.29, 0.717) is 80.1 Å². The van der Waals surface area contributed by atoms with Crippen molar-refractivity contribution in [2.75, 3.05) is 54.9 Å². The van der Waals surface area contributed by atoms with E-state index < -0.39 is 0 Å². The van der Waals surface area contributed by atoms with Crippen LogP contribution in [0.4, 0.5) is 17.5 Å². The molecule has 7 rings (SSSR count). The van der Waals surface area contributed by atoms with Gasteiger partial charge in [0.15, 0.2) is 11.5 Å². The number of hydrogen-bond donors (Lipinski definition) is 3. The van der Waals surface area contributed by atoms with Crippen LogP contribution in [-0.4, -0.2) is 81.6 Å². The van der Waals surface area contributed by atoms with Crippen molar-refractivity contribution in [3.8, 4) is 22.4 Å². The molecular formula is C38H42N10O3. The van der Waals surface area contributed by atoms with Crippen LogP contribution in [0, 0.1) is 0 Å². The molecular weight excluding hydrogens is 644 g/mol. The number of carbonyl (C=O) groups is 2. The topological polar surface area (TPSA) is 156 Å². The first-order valence-corrected chi connectivity index (χ1v) is 17.3. The molecule has 0 radical (unpaired) electrons. The average Bonchev–Trinajstić information content (AvgIpc) is 3.59. The summed E-state index contributed by atoms with van der Waals surface area (Å²) >= 11 is 0. The van der Waals surface area contributed by atoms with Crippen LogP contribution in [0.15, 0.2) is 79.5 Å². The summed E-state index contributed by atoms with van der Waals surface area (Å²) in [6, 6.07) is 14.7. The van der Waals surface area contributed by atoms with Crippen molar-refractivity contribution in [1.82, 2.24) is 35.0 Å². The van der Waals surface area contributed by atoms with E-state index in [1.54, 1.807) is 29.2 Å². The predicted octanol–water partition coefficient (Wildman–Crippen LogP) is 4.50. The first-order chi connectivity index (χ1) is 24.7. The molecule has 5 heterocycles. The molecule has 2 aromatic carbocycles. The monoisotopic (exact) mass is 686 g/mol. The largest absolute Gasteiger partial charge is 0.378 e. The number of nitrogens with one attached hydrogen (secondary N) is 2. The Balaban J connectivity index is 0.942. The number of nitrogen functional groups attached to an aromatic ring is 1. The minimum Gasteiger partial charge on any atom is -0.378 e. The van der Waals surface area contributed by atoms with Gasteiger partial charge in [-0.1, -0.05) is 24.8 Å². The third-order valence-electron chi connectivity index (χ3n) is 9.36. The Labute approximate surface area is 296 Å². The van der Waals surface area contributed by atoms with Crippen LogP contribution in [-0.2, 0) is 11.2 Å². The molecule has 4 N–H and O–H groups in total. The van der Waals surface area contributed by atoms with Gasteiger partial charge in [-0.25, -0.2) is 19.9 Å². The number of aromatic nitrogens is 5. The Kier molecular flexibility index (Phi) is 9.62. The number of morpholine rings is 1. The number of ether oxygens (including phenoxy) is 1. The number of imidazole rings is 1. The summed E-state index contributed by atoms with van der Waals surface area (Å²) < 4.78 is 7.33. The molecule has 2 amide bonds. The highest BCUT2D eigenvalue weighted by molar-refractivity contribution is 5.95. The minimum atomic E-state index is -0.310. The van der Waals surface area contributed by atoms with Gasteiger partial charge in [0.2, 0.25) is 5.95 Å². The number of carbonyl (C=O) groups excluding carboxylic acids is 2. The van der Waals surface area contributed by atoms with Crippen molar-refractivity contribution in [3.63, 3.8) is 0 Å². The van der Waals surface area contributed by atoms with Crippen molar-refractivity contribution >= 4 is 34.9 Å². The second-order valence-electron chi connectivity index (χ2n) is 13.0. The maximum absolute atomic E-state index is 13.1. The average molecular weight is 687 g/mol. The fraction of sp³-hybridized carbons (Fsp3) is 0.316. The molecule has 0 aliphatic carbocycles. The smallest absolute Gasteiger partial charge is 0.271 e. The van der Waals surface area contributed by atoms with E-state index in [1.807, 2.05) is 24.3 Å². The number of rotatable bonds is 10. The van der Waals surface area contributed by atoms with Gasteiger partial charge in [0.05, 0.1) is 18.9 Å².